The van der Waals surface area contributed by atoms with Gasteiger partial charge in [0.25, 0.3) is 11.5 Å². The van der Waals surface area contributed by atoms with Crippen molar-refractivity contribution in [1.82, 2.24) is 19.5 Å². The molecule has 8 nitrogen and oxygen atoms in total. The average molecular weight is 431 g/mol. The van der Waals surface area contributed by atoms with Crippen molar-refractivity contribution in [3.63, 3.8) is 0 Å². The highest BCUT2D eigenvalue weighted by Gasteiger charge is 2.11. The molecule has 32 heavy (non-hydrogen) atoms. The Balaban J connectivity index is 1.48. The van der Waals surface area contributed by atoms with Crippen LogP contribution in [0.1, 0.15) is 10.4 Å². The van der Waals surface area contributed by atoms with Crippen molar-refractivity contribution in [1.29, 1.82) is 0 Å². The summed E-state index contributed by atoms with van der Waals surface area (Å²) in [6, 6.07) is 16.7. The third-order valence-electron chi connectivity index (χ3n) is 5.23. The third kappa shape index (κ3) is 4.34. The van der Waals surface area contributed by atoms with Gasteiger partial charge in [-0.15, -0.1) is 0 Å². The van der Waals surface area contributed by atoms with Crippen molar-refractivity contribution in [3.8, 4) is 17.0 Å². The van der Waals surface area contributed by atoms with Crippen LogP contribution in [0.5, 0.6) is 5.75 Å². The van der Waals surface area contributed by atoms with Crippen LogP contribution in [0.25, 0.3) is 16.8 Å². The van der Waals surface area contributed by atoms with Gasteiger partial charge in [0.15, 0.2) is 0 Å². The van der Waals surface area contributed by atoms with E-state index in [0.29, 0.717) is 29.9 Å². The van der Waals surface area contributed by atoms with Gasteiger partial charge in [-0.1, -0.05) is 18.2 Å². The zero-order valence-electron chi connectivity index (χ0n) is 18.3. The van der Waals surface area contributed by atoms with Crippen LogP contribution in [0, 0.1) is 0 Å². The highest BCUT2D eigenvalue weighted by Crippen LogP contribution is 2.23. The number of benzene rings is 2. The van der Waals surface area contributed by atoms with Gasteiger partial charge in [-0.2, -0.15) is 5.10 Å². The van der Waals surface area contributed by atoms with Gasteiger partial charge >= 0.3 is 0 Å². The van der Waals surface area contributed by atoms with Crippen LogP contribution in [0.2, 0.25) is 0 Å². The number of hydrogen-bond acceptors (Lipinski definition) is 5. The number of carbonyl (C=O) groups excluding carboxylic acids is 1. The predicted molar refractivity (Wildman–Crippen MR) is 125 cm³/mol. The second kappa shape index (κ2) is 8.97. The van der Waals surface area contributed by atoms with E-state index >= 15 is 0 Å². The van der Waals surface area contributed by atoms with Crippen molar-refractivity contribution >= 4 is 17.1 Å². The van der Waals surface area contributed by atoms with E-state index in [1.807, 2.05) is 61.5 Å². The molecule has 0 aliphatic rings. The lowest BCUT2D eigenvalue weighted by Gasteiger charge is -2.13. The summed E-state index contributed by atoms with van der Waals surface area (Å²) in [6.45, 7) is 0.687. The lowest BCUT2D eigenvalue weighted by atomic mass is 10.1. The summed E-state index contributed by atoms with van der Waals surface area (Å²) in [5.74, 6) is 0.552. The Morgan fingerprint density at radius 2 is 1.91 bits per heavy atom. The van der Waals surface area contributed by atoms with Crippen molar-refractivity contribution < 1.29 is 9.53 Å². The number of rotatable bonds is 7. The minimum absolute atomic E-state index is 0.169. The molecule has 4 rings (SSSR count). The largest absolute Gasteiger partial charge is 0.497 e. The summed E-state index contributed by atoms with van der Waals surface area (Å²) in [6.07, 6.45) is 3.42. The first-order valence-corrected chi connectivity index (χ1v) is 10.2. The molecule has 2 heterocycles. The first kappa shape index (κ1) is 21.2. The normalized spacial score (nSPS) is 10.8. The molecular formula is C24H25N5O3. The van der Waals surface area contributed by atoms with Crippen molar-refractivity contribution in [2.45, 2.75) is 6.54 Å². The summed E-state index contributed by atoms with van der Waals surface area (Å²) in [5, 5.41) is 7.38. The van der Waals surface area contributed by atoms with Crippen LogP contribution in [0.15, 0.2) is 71.8 Å². The van der Waals surface area contributed by atoms with Gasteiger partial charge in [0.05, 0.1) is 12.8 Å². The van der Waals surface area contributed by atoms with E-state index < -0.39 is 0 Å². The molecule has 8 heteroatoms. The topological polar surface area (TPSA) is 80.9 Å². The maximum absolute atomic E-state index is 12.9. The molecule has 0 radical (unpaired) electrons. The van der Waals surface area contributed by atoms with Gasteiger partial charge in [-0.25, -0.2) is 4.52 Å². The molecule has 1 N–H and O–H groups in total. The molecule has 1 amide bonds. The van der Waals surface area contributed by atoms with E-state index in [9.17, 15) is 9.59 Å². The summed E-state index contributed by atoms with van der Waals surface area (Å²) in [7, 11) is 5.46. The number of nitrogens with one attached hydrogen (secondary N) is 1. The molecule has 164 valence electrons. The second-order valence-electron chi connectivity index (χ2n) is 7.59. The molecule has 0 bridgehead atoms. The number of anilines is 1. The van der Waals surface area contributed by atoms with E-state index in [1.54, 1.807) is 40.7 Å². The Labute approximate surface area is 185 Å². The maximum atomic E-state index is 12.9. The zero-order chi connectivity index (χ0) is 22.7. The molecule has 4 aromatic rings. The quantitative estimate of drug-likeness (QED) is 0.487. The first-order valence-electron chi connectivity index (χ1n) is 10.2. The van der Waals surface area contributed by atoms with E-state index in [-0.39, 0.29) is 11.5 Å². The third-order valence-corrected chi connectivity index (χ3v) is 5.23. The first-order chi connectivity index (χ1) is 15.5. The molecule has 0 atom stereocenters. The monoisotopic (exact) mass is 431 g/mol. The average Bonchev–Trinajstić information content (AvgIpc) is 3.26. The Morgan fingerprint density at radius 1 is 1.09 bits per heavy atom. The van der Waals surface area contributed by atoms with Gasteiger partial charge in [0.2, 0.25) is 0 Å². The maximum Gasteiger partial charge on any atom is 0.276 e. The number of nitrogens with zero attached hydrogens (tertiary/aromatic N) is 4. The Kier molecular flexibility index (Phi) is 5.93. The minimum Gasteiger partial charge on any atom is -0.497 e. The Morgan fingerprint density at radius 3 is 2.69 bits per heavy atom. The summed E-state index contributed by atoms with van der Waals surface area (Å²) in [4.78, 5) is 27.3. The zero-order valence-corrected chi connectivity index (χ0v) is 18.3. The molecule has 0 saturated heterocycles. The molecule has 2 aromatic carbocycles. The van der Waals surface area contributed by atoms with Gasteiger partial charge in [-0.3, -0.25) is 9.59 Å². The summed E-state index contributed by atoms with van der Waals surface area (Å²) < 4.78 is 8.41. The summed E-state index contributed by atoms with van der Waals surface area (Å²) >= 11 is 0. The molecule has 0 aliphatic heterocycles. The number of ether oxygens (including phenoxy) is 1. The molecule has 2 aromatic heterocycles. The van der Waals surface area contributed by atoms with Gasteiger partial charge in [-0.05, 0) is 36.4 Å². The van der Waals surface area contributed by atoms with Gasteiger partial charge in [0.1, 0.15) is 11.3 Å². The van der Waals surface area contributed by atoms with Gasteiger partial charge in [0, 0.05) is 56.4 Å². The van der Waals surface area contributed by atoms with Crippen molar-refractivity contribution in [3.05, 3.63) is 82.9 Å². The Hall–Kier alpha value is -4.07. The number of amides is 1. The van der Waals surface area contributed by atoms with Crippen LogP contribution in [0.3, 0.4) is 0 Å². The predicted octanol–water partition coefficient (Wildman–Crippen LogP) is 2.67. The van der Waals surface area contributed by atoms with E-state index in [4.69, 9.17) is 4.74 Å². The van der Waals surface area contributed by atoms with Crippen LogP contribution in [-0.4, -0.2) is 47.8 Å². The molecular weight excluding hydrogens is 406 g/mol. The number of aromatic nitrogens is 3. The van der Waals surface area contributed by atoms with Crippen molar-refractivity contribution in [2.75, 3.05) is 32.6 Å². The van der Waals surface area contributed by atoms with Crippen LogP contribution in [-0.2, 0) is 6.54 Å². The molecule has 0 unspecified atom stereocenters. The fourth-order valence-corrected chi connectivity index (χ4v) is 3.44. The van der Waals surface area contributed by atoms with Crippen LogP contribution < -0.4 is 20.5 Å². The smallest absolute Gasteiger partial charge is 0.276 e. The van der Waals surface area contributed by atoms with E-state index in [0.717, 1.165) is 17.0 Å². The SMILES string of the molecule is COc1cccc(-c2cc3c(=O)n(CCNC(=O)c4cccc(N(C)C)c4)ccn3n2)c1. The fourth-order valence-electron chi connectivity index (χ4n) is 3.44. The molecule has 0 aliphatic carbocycles. The number of fused-ring (bicyclic) bond motifs is 1. The number of methoxy groups -OCH3 is 1. The lowest BCUT2D eigenvalue weighted by molar-refractivity contribution is 0.0952. The van der Waals surface area contributed by atoms with E-state index in [2.05, 4.69) is 10.4 Å². The standard InChI is InChI=1S/C24H25N5O3/c1-27(2)19-8-4-7-18(14-19)23(30)25-10-11-28-12-13-29-22(24(28)31)16-21(26-29)17-6-5-9-20(15-17)32-3/h4-9,12-16H,10-11H2,1-3H3,(H,25,30). The number of carbonyl (C=O) groups is 1. The van der Waals surface area contributed by atoms with Crippen LogP contribution in [0.4, 0.5) is 5.69 Å². The lowest BCUT2D eigenvalue weighted by Crippen LogP contribution is -2.31. The van der Waals surface area contributed by atoms with Crippen molar-refractivity contribution in [2.24, 2.45) is 0 Å². The molecule has 0 fully saturated rings. The Bertz CT molecular complexity index is 1320. The summed E-state index contributed by atoms with van der Waals surface area (Å²) in [5.41, 5.74) is 3.39. The molecule has 0 spiro atoms. The van der Waals surface area contributed by atoms with Crippen LogP contribution >= 0.6 is 0 Å². The fraction of sp³-hybridized carbons (Fsp3) is 0.208. The highest BCUT2D eigenvalue weighted by molar-refractivity contribution is 5.95. The minimum atomic E-state index is -0.174. The van der Waals surface area contributed by atoms with Gasteiger partial charge < -0.3 is 19.5 Å². The highest BCUT2D eigenvalue weighted by atomic mass is 16.5. The second-order valence-corrected chi connectivity index (χ2v) is 7.59. The number of hydrogen-bond donors (Lipinski definition) is 1. The molecule has 0 saturated carbocycles. The van der Waals surface area contributed by atoms with E-state index in [1.165, 1.54) is 0 Å².